The topological polar surface area (TPSA) is 85.9 Å². The van der Waals surface area contributed by atoms with E-state index in [9.17, 15) is 4.79 Å². The predicted octanol–water partition coefficient (Wildman–Crippen LogP) is 3.63. The summed E-state index contributed by atoms with van der Waals surface area (Å²) in [6, 6.07) is 15.5. The minimum Gasteiger partial charge on any atom is -0.482 e. The van der Waals surface area contributed by atoms with E-state index in [4.69, 9.17) is 27.4 Å². The van der Waals surface area contributed by atoms with Crippen LogP contribution in [-0.2, 0) is 9.53 Å². The molecule has 148 valence electrons. The van der Waals surface area contributed by atoms with Crippen molar-refractivity contribution in [1.29, 1.82) is 0 Å². The first kappa shape index (κ1) is 21.4. The molecular formula is C21H25N3O3S. The number of thiocarbonyl (C=S) groups is 1. The van der Waals surface area contributed by atoms with Gasteiger partial charge in [-0.1, -0.05) is 49.7 Å². The van der Waals surface area contributed by atoms with Gasteiger partial charge in [-0.3, -0.25) is 5.43 Å². The lowest BCUT2D eigenvalue weighted by Gasteiger charge is -2.08. The molecule has 0 saturated carbocycles. The number of nitrogens with zero attached hydrogens (tertiary/aromatic N) is 1. The van der Waals surface area contributed by atoms with Crippen molar-refractivity contribution >= 4 is 29.0 Å². The molecule has 0 amide bonds. The molecule has 0 aliphatic heterocycles. The molecule has 3 N–H and O–H groups in total. The molecule has 0 spiro atoms. The number of carbonyl (C=O) groups excluding carboxylic acids is 1. The van der Waals surface area contributed by atoms with E-state index in [1.165, 1.54) is 0 Å². The molecule has 0 heterocycles. The number of rotatable bonds is 9. The molecule has 2 aromatic rings. The summed E-state index contributed by atoms with van der Waals surface area (Å²) in [5, 5.41) is 4.24. The van der Waals surface area contributed by atoms with Crippen LogP contribution in [0.15, 0.2) is 53.6 Å². The summed E-state index contributed by atoms with van der Waals surface area (Å²) < 4.78 is 10.5. The Kier molecular flexibility index (Phi) is 8.42. The van der Waals surface area contributed by atoms with Crippen LogP contribution in [-0.4, -0.2) is 30.0 Å². The van der Waals surface area contributed by atoms with Gasteiger partial charge in [-0.15, -0.1) is 0 Å². The van der Waals surface area contributed by atoms with Crippen molar-refractivity contribution in [1.82, 2.24) is 5.43 Å². The molecule has 2 rings (SSSR count). The van der Waals surface area contributed by atoms with E-state index >= 15 is 0 Å². The SMILES string of the molecule is CCCCOC(=O)COc1ccc(-c2ccc(/C(C)=N/NC(N)=S)cc2)cc1. The zero-order valence-electron chi connectivity index (χ0n) is 16.1. The third-order valence-electron chi connectivity index (χ3n) is 3.94. The second-order valence-corrected chi connectivity index (χ2v) is 6.58. The Bertz CT molecular complexity index is 818. The van der Waals surface area contributed by atoms with Gasteiger partial charge in [0.25, 0.3) is 0 Å². The number of carbonyl (C=O) groups is 1. The maximum atomic E-state index is 11.6. The first-order valence-corrected chi connectivity index (χ1v) is 9.49. The van der Waals surface area contributed by atoms with Crippen molar-refractivity contribution in [2.75, 3.05) is 13.2 Å². The number of unbranched alkanes of at least 4 members (excludes halogenated alkanes) is 1. The first-order chi connectivity index (χ1) is 13.5. The van der Waals surface area contributed by atoms with Crippen molar-refractivity contribution in [3.63, 3.8) is 0 Å². The molecule has 2 aromatic carbocycles. The molecule has 0 saturated heterocycles. The molecule has 0 aliphatic carbocycles. The van der Waals surface area contributed by atoms with Crippen LogP contribution in [0, 0.1) is 0 Å². The Morgan fingerprint density at radius 1 is 1.11 bits per heavy atom. The molecule has 0 atom stereocenters. The fourth-order valence-electron chi connectivity index (χ4n) is 2.37. The van der Waals surface area contributed by atoms with Gasteiger partial charge in [0.05, 0.1) is 12.3 Å². The molecule has 0 bridgehead atoms. The van der Waals surface area contributed by atoms with Gasteiger partial charge in [0.15, 0.2) is 11.7 Å². The van der Waals surface area contributed by atoms with Crippen molar-refractivity contribution in [3.8, 4) is 16.9 Å². The third-order valence-corrected chi connectivity index (χ3v) is 4.03. The van der Waals surface area contributed by atoms with Crippen molar-refractivity contribution < 1.29 is 14.3 Å². The lowest BCUT2D eigenvalue weighted by molar-refractivity contribution is -0.146. The van der Waals surface area contributed by atoms with Crippen LogP contribution in [0.5, 0.6) is 5.75 Å². The van der Waals surface area contributed by atoms with Crippen molar-refractivity contribution in [2.24, 2.45) is 10.8 Å². The van der Waals surface area contributed by atoms with E-state index in [1.54, 1.807) is 0 Å². The first-order valence-electron chi connectivity index (χ1n) is 9.08. The zero-order valence-corrected chi connectivity index (χ0v) is 16.9. The number of nitrogens with two attached hydrogens (primary N) is 1. The number of hydrogen-bond donors (Lipinski definition) is 2. The highest BCUT2D eigenvalue weighted by atomic mass is 32.1. The molecule has 0 aromatic heterocycles. The molecule has 0 unspecified atom stereocenters. The summed E-state index contributed by atoms with van der Waals surface area (Å²) in [7, 11) is 0. The average molecular weight is 400 g/mol. The standard InChI is InChI=1S/C21H25N3O3S/c1-3-4-13-26-20(25)14-27-19-11-9-18(10-12-19)17-7-5-16(6-8-17)15(2)23-24-21(22)28/h5-12H,3-4,13-14H2,1-2H3,(H3,22,24,28)/b23-15+. The lowest BCUT2D eigenvalue weighted by atomic mass is 10.0. The van der Waals surface area contributed by atoms with Crippen LogP contribution in [0.25, 0.3) is 11.1 Å². The van der Waals surface area contributed by atoms with E-state index in [-0.39, 0.29) is 17.7 Å². The van der Waals surface area contributed by atoms with E-state index in [0.29, 0.717) is 12.4 Å². The van der Waals surface area contributed by atoms with Gasteiger partial charge in [-0.25, -0.2) is 4.79 Å². The van der Waals surface area contributed by atoms with Crippen molar-refractivity contribution in [2.45, 2.75) is 26.7 Å². The monoisotopic (exact) mass is 399 g/mol. The van der Waals surface area contributed by atoms with E-state index < -0.39 is 0 Å². The second kappa shape index (κ2) is 11.0. The average Bonchev–Trinajstić information content (AvgIpc) is 2.71. The van der Waals surface area contributed by atoms with Gasteiger partial charge in [-0.2, -0.15) is 5.10 Å². The van der Waals surface area contributed by atoms with E-state index in [1.807, 2.05) is 62.4 Å². The summed E-state index contributed by atoms with van der Waals surface area (Å²) in [5.41, 5.74) is 11.8. The Morgan fingerprint density at radius 3 is 2.29 bits per heavy atom. The molecule has 0 radical (unpaired) electrons. The van der Waals surface area contributed by atoms with Gasteiger partial charge in [0.2, 0.25) is 0 Å². The Labute approximate surface area is 170 Å². The summed E-state index contributed by atoms with van der Waals surface area (Å²) >= 11 is 4.74. The highest BCUT2D eigenvalue weighted by Gasteiger charge is 2.05. The van der Waals surface area contributed by atoms with Gasteiger partial charge in [-0.05, 0) is 54.4 Å². The second-order valence-electron chi connectivity index (χ2n) is 6.14. The molecular weight excluding hydrogens is 374 g/mol. The number of hydrazone groups is 1. The fraction of sp³-hybridized carbons (Fsp3) is 0.286. The third kappa shape index (κ3) is 7.00. The maximum absolute atomic E-state index is 11.6. The Morgan fingerprint density at radius 2 is 1.71 bits per heavy atom. The number of nitrogens with one attached hydrogen (secondary N) is 1. The summed E-state index contributed by atoms with van der Waals surface area (Å²) in [6.07, 6.45) is 1.85. The van der Waals surface area contributed by atoms with E-state index in [2.05, 4.69) is 10.5 Å². The van der Waals surface area contributed by atoms with Gasteiger partial charge >= 0.3 is 5.97 Å². The van der Waals surface area contributed by atoms with Gasteiger partial charge < -0.3 is 15.2 Å². The van der Waals surface area contributed by atoms with E-state index in [0.717, 1.165) is 35.2 Å². The zero-order chi connectivity index (χ0) is 20.4. The molecule has 0 aliphatic rings. The maximum Gasteiger partial charge on any atom is 0.344 e. The smallest absolute Gasteiger partial charge is 0.344 e. The van der Waals surface area contributed by atoms with Crippen LogP contribution in [0.4, 0.5) is 0 Å². The molecule has 7 heteroatoms. The Balaban J connectivity index is 1.93. The highest BCUT2D eigenvalue weighted by molar-refractivity contribution is 7.80. The number of esters is 1. The summed E-state index contributed by atoms with van der Waals surface area (Å²) in [4.78, 5) is 11.6. The van der Waals surface area contributed by atoms with Crippen LogP contribution < -0.4 is 15.9 Å². The summed E-state index contributed by atoms with van der Waals surface area (Å²) in [5.74, 6) is 0.273. The predicted molar refractivity (Wildman–Crippen MR) is 115 cm³/mol. The quantitative estimate of drug-likeness (QED) is 0.220. The van der Waals surface area contributed by atoms with Gasteiger partial charge in [0, 0.05) is 0 Å². The molecule has 0 fully saturated rings. The van der Waals surface area contributed by atoms with Gasteiger partial charge in [0.1, 0.15) is 5.75 Å². The van der Waals surface area contributed by atoms with Crippen LogP contribution >= 0.6 is 12.2 Å². The largest absolute Gasteiger partial charge is 0.482 e. The minimum absolute atomic E-state index is 0.0867. The highest BCUT2D eigenvalue weighted by Crippen LogP contribution is 2.23. The van der Waals surface area contributed by atoms with Crippen LogP contribution in [0.1, 0.15) is 32.3 Å². The van der Waals surface area contributed by atoms with Crippen LogP contribution in [0.2, 0.25) is 0 Å². The minimum atomic E-state index is -0.352. The summed E-state index contributed by atoms with van der Waals surface area (Å²) in [6.45, 7) is 4.27. The number of ether oxygens (including phenoxy) is 2. The Hall–Kier alpha value is -2.93. The number of benzene rings is 2. The van der Waals surface area contributed by atoms with Crippen LogP contribution in [0.3, 0.4) is 0 Å². The number of hydrogen-bond acceptors (Lipinski definition) is 5. The normalized spacial score (nSPS) is 11.0. The lowest BCUT2D eigenvalue weighted by Crippen LogP contribution is -2.25. The molecule has 6 nitrogen and oxygen atoms in total. The van der Waals surface area contributed by atoms with Crippen molar-refractivity contribution in [3.05, 3.63) is 54.1 Å². The fourth-order valence-corrected chi connectivity index (χ4v) is 2.41. The molecule has 28 heavy (non-hydrogen) atoms.